The summed E-state index contributed by atoms with van der Waals surface area (Å²) in [5, 5.41) is 11.7. The van der Waals surface area contributed by atoms with Gasteiger partial charge in [0.25, 0.3) is 0 Å². The molecule has 5 aromatic rings. The van der Waals surface area contributed by atoms with E-state index in [1.807, 2.05) is 31.2 Å². The zero-order valence-corrected chi connectivity index (χ0v) is 29.9. The van der Waals surface area contributed by atoms with Crippen molar-refractivity contribution in [1.29, 1.82) is 0 Å². The normalized spacial score (nSPS) is 19.3. The Balaban J connectivity index is 0.000000168. The van der Waals surface area contributed by atoms with E-state index in [1.54, 1.807) is 23.3 Å². The Bertz CT molecular complexity index is 1730. The molecular weight excluding hydrogens is 588 g/mol. The van der Waals surface area contributed by atoms with Crippen molar-refractivity contribution >= 4 is 10.8 Å². The first kappa shape index (κ1) is 35.2. The van der Waals surface area contributed by atoms with Crippen LogP contribution in [-0.4, -0.2) is 11.4 Å². The van der Waals surface area contributed by atoms with Crippen molar-refractivity contribution in [2.75, 3.05) is 0 Å². The fraction of sp³-hybridized carbons (Fsp3) is 0.378. The van der Waals surface area contributed by atoms with E-state index in [0.717, 1.165) is 36.8 Å². The molecule has 2 aliphatic carbocycles. The van der Waals surface area contributed by atoms with Crippen LogP contribution in [0.3, 0.4) is 0 Å². The Kier molecular flexibility index (Phi) is 12.0. The predicted molar refractivity (Wildman–Crippen MR) is 201 cm³/mol. The van der Waals surface area contributed by atoms with Crippen molar-refractivity contribution in [3.05, 3.63) is 143 Å². The van der Waals surface area contributed by atoms with E-state index in [0.29, 0.717) is 17.6 Å². The maximum atomic E-state index is 9.01. The highest BCUT2D eigenvalue weighted by atomic mass is 16.7. The Morgan fingerprint density at radius 3 is 1.83 bits per heavy atom. The van der Waals surface area contributed by atoms with Crippen LogP contribution in [0, 0.1) is 5.92 Å². The van der Waals surface area contributed by atoms with E-state index in [9.17, 15) is 0 Å². The van der Waals surface area contributed by atoms with Gasteiger partial charge >= 0.3 is 0 Å². The number of phenols is 1. The van der Waals surface area contributed by atoms with Crippen molar-refractivity contribution in [1.82, 2.24) is 0 Å². The van der Waals surface area contributed by atoms with Gasteiger partial charge in [-0.05, 0) is 118 Å². The molecule has 48 heavy (non-hydrogen) atoms. The summed E-state index contributed by atoms with van der Waals surface area (Å²) in [6, 6.07) is 37.6. The molecular formula is C45H54O3. The maximum absolute atomic E-state index is 9.01. The molecule has 7 rings (SSSR count). The number of rotatable bonds is 8. The Morgan fingerprint density at radius 1 is 0.646 bits per heavy atom. The third kappa shape index (κ3) is 8.49. The lowest BCUT2D eigenvalue weighted by Crippen LogP contribution is -2.19. The van der Waals surface area contributed by atoms with Crippen molar-refractivity contribution in [2.45, 2.75) is 104 Å². The van der Waals surface area contributed by atoms with Gasteiger partial charge in [-0.25, -0.2) is 0 Å². The molecule has 6 unspecified atom stereocenters. The number of ether oxygens (including phenoxy) is 2. The summed E-state index contributed by atoms with van der Waals surface area (Å²) in [5.41, 5.74) is 8.43. The van der Waals surface area contributed by atoms with E-state index >= 15 is 0 Å². The van der Waals surface area contributed by atoms with Gasteiger partial charge in [0.15, 0.2) is 6.29 Å². The summed E-state index contributed by atoms with van der Waals surface area (Å²) in [6.45, 7) is 15.5. The van der Waals surface area contributed by atoms with Crippen LogP contribution >= 0.6 is 0 Å². The second kappa shape index (κ2) is 16.3. The van der Waals surface area contributed by atoms with E-state index in [-0.39, 0.29) is 12.4 Å². The predicted octanol–water partition coefficient (Wildman–Crippen LogP) is 12.3. The third-order valence-corrected chi connectivity index (χ3v) is 10.5. The molecule has 0 radical (unpaired) electrons. The average molecular weight is 643 g/mol. The largest absolute Gasteiger partial charge is 0.508 e. The van der Waals surface area contributed by atoms with Crippen LogP contribution in [0.15, 0.2) is 109 Å². The minimum absolute atomic E-state index is 0.0606. The standard InChI is InChI=1S/C24H26O2.C11H14.C10H14O/c1-4-16(2)18-11-13-21(14-12-18)25-17(3)26-23-15-20-9-5-7-19-8-6-10-22(23)24(19)20;1-8-7-10-5-3-4-6-11(10)9(8)2;1-3-8(2)9-4-6-10(11)7-5-9/h5-14,16-17,23H,4,15H2,1-3H3;3-6,8-9H,7H2,1-2H3;4-8,11H,3H2,1-2H3. The lowest BCUT2D eigenvalue weighted by atomic mass is 9.97. The van der Waals surface area contributed by atoms with Gasteiger partial charge in [-0.1, -0.05) is 126 Å². The van der Waals surface area contributed by atoms with Gasteiger partial charge in [-0.2, -0.15) is 0 Å². The van der Waals surface area contributed by atoms with E-state index < -0.39 is 0 Å². The number of benzene rings is 5. The molecule has 0 aromatic heterocycles. The highest BCUT2D eigenvalue weighted by molar-refractivity contribution is 5.91. The molecule has 3 heteroatoms. The molecule has 1 N–H and O–H groups in total. The number of hydrogen-bond acceptors (Lipinski definition) is 3. The number of phenolic OH excluding ortho intramolecular Hbond substituents is 1. The van der Waals surface area contributed by atoms with Gasteiger partial charge in [-0.15, -0.1) is 0 Å². The number of aromatic hydroxyl groups is 1. The molecule has 0 spiro atoms. The van der Waals surface area contributed by atoms with Crippen molar-refractivity contribution < 1.29 is 14.6 Å². The highest BCUT2D eigenvalue weighted by Gasteiger charge is 2.27. The van der Waals surface area contributed by atoms with Crippen LogP contribution in [0.5, 0.6) is 11.5 Å². The lowest BCUT2D eigenvalue weighted by Gasteiger charge is -2.21. The molecule has 0 bridgehead atoms. The zero-order valence-electron chi connectivity index (χ0n) is 29.9. The average Bonchev–Trinajstić information content (AvgIpc) is 3.61. The third-order valence-electron chi connectivity index (χ3n) is 10.5. The molecule has 0 fully saturated rings. The fourth-order valence-electron chi connectivity index (χ4n) is 6.91. The van der Waals surface area contributed by atoms with E-state index in [4.69, 9.17) is 14.6 Å². The smallest absolute Gasteiger partial charge is 0.197 e. The summed E-state index contributed by atoms with van der Waals surface area (Å²) in [7, 11) is 0. The van der Waals surface area contributed by atoms with Gasteiger partial charge in [0, 0.05) is 6.42 Å². The molecule has 0 saturated heterocycles. The Morgan fingerprint density at radius 2 is 1.21 bits per heavy atom. The van der Waals surface area contributed by atoms with E-state index in [1.165, 1.54) is 39.4 Å². The van der Waals surface area contributed by atoms with Gasteiger partial charge in [0.2, 0.25) is 0 Å². The molecule has 0 heterocycles. The van der Waals surface area contributed by atoms with Gasteiger partial charge in [-0.3, -0.25) is 0 Å². The zero-order chi connectivity index (χ0) is 34.2. The van der Waals surface area contributed by atoms with E-state index in [2.05, 4.69) is 114 Å². The molecule has 2 aliphatic rings. The fourth-order valence-corrected chi connectivity index (χ4v) is 6.91. The van der Waals surface area contributed by atoms with Crippen LogP contribution in [-0.2, 0) is 17.6 Å². The minimum atomic E-state index is -0.293. The second-order valence-electron chi connectivity index (χ2n) is 13.8. The molecule has 0 amide bonds. The molecule has 6 atom stereocenters. The first-order valence-corrected chi connectivity index (χ1v) is 18.0. The summed E-state index contributed by atoms with van der Waals surface area (Å²) in [5.74, 6) is 3.99. The molecule has 5 aromatic carbocycles. The first-order chi connectivity index (χ1) is 23.2. The molecule has 0 saturated carbocycles. The maximum Gasteiger partial charge on any atom is 0.197 e. The van der Waals surface area contributed by atoms with Crippen LogP contribution in [0.25, 0.3) is 10.8 Å². The van der Waals surface area contributed by atoms with Crippen molar-refractivity contribution in [3.63, 3.8) is 0 Å². The first-order valence-electron chi connectivity index (χ1n) is 18.0. The number of fused-ring (bicyclic) bond motifs is 1. The van der Waals surface area contributed by atoms with Crippen LogP contribution in [0.4, 0.5) is 0 Å². The number of hydrogen-bond donors (Lipinski definition) is 1. The topological polar surface area (TPSA) is 38.7 Å². The molecule has 0 aliphatic heterocycles. The summed E-state index contributed by atoms with van der Waals surface area (Å²) in [4.78, 5) is 0. The summed E-state index contributed by atoms with van der Waals surface area (Å²) >= 11 is 0. The quantitative estimate of drug-likeness (QED) is 0.171. The summed E-state index contributed by atoms with van der Waals surface area (Å²) < 4.78 is 12.3. The Hall–Kier alpha value is -4.08. The molecule has 3 nitrogen and oxygen atoms in total. The van der Waals surface area contributed by atoms with Gasteiger partial charge in [0.05, 0.1) is 6.10 Å². The Labute approximate surface area is 289 Å². The van der Waals surface area contributed by atoms with Crippen molar-refractivity contribution in [2.24, 2.45) is 5.92 Å². The lowest BCUT2D eigenvalue weighted by molar-refractivity contribution is -0.107. The SMILES string of the molecule is CC1Cc2ccccc2C1C.CCC(C)c1ccc(O)cc1.CCC(C)c1ccc(OC(C)OC2Cc3cccc4cccc2c34)cc1. The summed E-state index contributed by atoms with van der Waals surface area (Å²) in [6.07, 6.45) is 4.25. The highest BCUT2D eigenvalue weighted by Crippen LogP contribution is 2.40. The monoisotopic (exact) mass is 642 g/mol. The van der Waals surface area contributed by atoms with Gasteiger partial charge in [0.1, 0.15) is 11.5 Å². The van der Waals surface area contributed by atoms with Gasteiger partial charge < -0.3 is 14.6 Å². The van der Waals surface area contributed by atoms with Crippen LogP contribution < -0.4 is 4.74 Å². The molecule has 252 valence electrons. The minimum Gasteiger partial charge on any atom is -0.508 e. The second-order valence-corrected chi connectivity index (χ2v) is 13.8. The van der Waals surface area contributed by atoms with Crippen LogP contribution in [0.2, 0.25) is 0 Å². The van der Waals surface area contributed by atoms with Crippen LogP contribution in [0.1, 0.15) is 119 Å². The van der Waals surface area contributed by atoms with Crippen molar-refractivity contribution in [3.8, 4) is 11.5 Å².